The summed E-state index contributed by atoms with van der Waals surface area (Å²) in [4.78, 5) is 27.0. The number of nitrogens with zero attached hydrogens (tertiary/aromatic N) is 1. The second-order valence-electron chi connectivity index (χ2n) is 8.12. The highest BCUT2D eigenvalue weighted by atomic mass is 35.5. The molecule has 3 atom stereocenters. The van der Waals surface area contributed by atoms with Crippen molar-refractivity contribution in [1.29, 1.82) is 0 Å². The van der Waals surface area contributed by atoms with Crippen LogP contribution >= 0.6 is 23.4 Å². The average Bonchev–Trinajstić information content (AvgIpc) is 2.97. The number of methoxy groups -OCH3 is 1. The van der Waals surface area contributed by atoms with Crippen molar-refractivity contribution in [2.75, 3.05) is 12.9 Å². The van der Waals surface area contributed by atoms with Gasteiger partial charge in [0, 0.05) is 22.8 Å². The van der Waals surface area contributed by atoms with Crippen molar-refractivity contribution in [1.82, 2.24) is 4.90 Å². The number of esters is 1. The number of hydrogen-bond acceptors (Lipinski definition) is 4. The van der Waals surface area contributed by atoms with Crippen LogP contribution in [0.2, 0.25) is 5.02 Å². The molecule has 1 aliphatic heterocycles. The van der Waals surface area contributed by atoms with Gasteiger partial charge in [-0.3, -0.25) is 4.79 Å². The summed E-state index contributed by atoms with van der Waals surface area (Å²) in [5, 5.41) is 0.346. The van der Waals surface area contributed by atoms with Gasteiger partial charge in [0.05, 0.1) is 7.11 Å². The minimum atomic E-state index is -0.569. The lowest BCUT2D eigenvalue weighted by Gasteiger charge is -2.31. The Balaban J connectivity index is 2.26. The van der Waals surface area contributed by atoms with Crippen molar-refractivity contribution >= 4 is 35.2 Å². The van der Waals surface area contributed by atoms with E-state index in [0.29, 0.717) is 17.2 Å². The summed E-state index contributed by atoms with van der Waals surface area (Å²) in [6.07, 6.45) is 1.35. The molecule has 1 aliphatic rings. The van der Waals surface area contributed by atoms with Gasteiger partial charge in [-0.15, -0.1) is 11.8 Å². The highest BCUT2D eigenvalue weighted by Crippen LogP contribution is 2.44. The van der Waals surface area contributed by atoms with Gasteiger partial charge in [0.15, 0.2) is 0 Å². The number of rotatable bonds is 5. The Morgan fingerprint density at radius 2 is 2.00 bits per heavy atom. The normalized spacial score (nSPS) is 21.5. The number of hydrogen-bond donors (Lipinski definition) is 0. The Labute approximate surface area is 165 Å². The Morgan fingerprint density at radius 3 is 2.58 bits per heavy atom. The number of halogens is 1. The van der Waals surface area contributed by atoms with Crippen LogP contribution in [0.4, 0.5) is 0 Å². The van der Waals surface area contributed by atoms with E-state index in [2.05, 4.69) is 27.7 Å². The molecule has 2 rings (SSSR count). The molecule has 1 aromatic carbocycles. The van der Waals surface area contributed by atoms with E-state index in [0.717, 1.165) is 12.0 Å². The zero-order valence-electron chi connectivity index (χ0n) is 16.1. The van der Waals surface area contributed by atoms with Gasteiger partial charge < -0.3 is 9.64 Å². The minimum absolute atomic E-state index is 0.0212. The van der Waals surface area contributed by atoms with Gasteiger partial charge in [-0.05, 0) is 23.8 Å². The first-order chi connectivity index (χ1) is 12.1. The lowest BCUT2D eigenvalue weighted by molar-refractivity contribution is -0.152. The minimum Gasteiger partial charge on any atom is -0.467 e. The molecular formula is C20H28ClNO3S. The Morgan fingerprint density at radius 1 is 1.35 bits per heavy atom. The van der Waals surface area contributed by atoms with E-state index in [1.165, 1.54) is 7.11 Å². The first-order valence-electron chi connectivity index (χ1n) is 8.89. The molecular weight excluding hydrogens is 370 g/mol. The molecule has 1 heterocycles. The fraction of sp³-hybridized carbons (Fsp3) is 0.600. The van der Waals surface area contributed by atoms with Gasteiger partial charge in [-0.2, -0.15) is 0 Å². The van der Waals surface area contributed by atoms with Crippen LogP contribution in [0.3, 0.4) is 0 Å². The van der Waals surface area contributed by atoms with Gasteiger partial charge >= 0.3 is 5.97 Å². The fourth-order valence-electron chi connectivity index (χ4n) is 3.56. The van der Waals surface area contributed by atoms with Crippen molar-refractivity contribution in [3.05, 3.63) is 34.9 Å². The van der Waals surface area contributed by atoms with E-state index in [-0.39, 0.29) is 28.6 Å². The second-order valence-corrected chi connectivity index (χ2v) is 9.64. The van der Waals surface area contributed by atoms with E-state index in [4.69, 9.17) is 16.3 Å². The van der Waals surface area contributed by atoms with E-state index in [1.54, 1.807) is 16.7 Å². The Bertz CT molecular complexity index is 659. The van der Waals surface area contributed by atoms with Crippen molar-refractivity contribution in [2.24, 2.45) is 11.3 Å². The molecule has 1 saturated heterocycles. The van der Waals surface area contributed by atoms with E-state index in [1.807, 2.05) is 24.3 Å². The molecule has 1 aromatic rings. The predicted molar refractivity (Wildman–Crippen MR) is 107 cm³/mol. The quantitative estimate of drug-likeness (QED) is 0.661. The summed E-state index contributed by atoms with van der Waals surface area (Å²) in [6.45, 7) is 8.60. The SMILES string of the molecule is COC(=O)C1CSC(c2ccccc2Cl)N1C(=O)CC(C)CC(C)(C)C. The van der Waals surface area contributed by atoms with Gasteiger partial charge in [0.1, 0.15) is 11.4 Å². The number of thioether (sulfide) groups is 1. The predicted octanol–water partition coefficient (Wildman–Crippen LogP) is 4.92. The lowest BCUT2D eigenvalue weighted by Crippen LogP contribution is -2.44. The summed E-state index contributed by atoms with van der Waals surface area (Å²) in [5.41, 5.74) is 1.02. The van der Waals surface area contributed by atoms with Crippen molar-refractivity contribution in [3.8, 4) is 0 Å². The van der Waals surface area contributed by atoms with Gasteiger partial charge in [-0.25, -0.2) is 4.79 Å². The topological polar surface area (TPSA) is 46.6 Å². The highest BCUT2D eigenvalue weighted by molar-refractivity contribution is 7.99. The lowest BCUT2D eigenvalue weighted by atomic mass is 9.84. The maximum absolute atomic E-state index is 13.1. The number of amides is 1. The standard InChI is InChI=1S/C20H28ClNO3S/c1-13(11-20(2,3)4)10-17(23)22-16(19(24)25-5)12-26-18(22)14-8-6-7-9-15(14)21/h6-9,13,16,18H,10-12H2,1-5H3. The molecule has 1 amide bonds. The largest absolute Gasteiger partial charge is 0.467 e. The van der Waals surface area contributed by atoms with Crippen LogP contribution in [0.15, 0.2) is 24.3 Å². The Hall–Kier alpha value is -1.20. The van der Waals surface area contributed by atoms with Crippen LogP contribution < -0.4 is 0 Å². The molecule has 0 aromatic heterocycles. The molecule has 144 valence electrons. The van der Waals surface area contributed by atoms with Crippen LogP contribution in [-0.4, -0.2) is 35.7 Å². The van der Waals surface area contributed by atoms with E-state index in [9.17, 15) is 9.59 Å². The summed E-state index contributed by atoms with van der Waals surface area (Å²) in [7, 11) is 1.36. The third-order valence-corrected chi connectivity index (χ3v) is 6.07. The third kappa shape index (κ3) is 5.17. The summed E-state index contributed by atoms with van der Waals surface area (Å²) >= 11 is 7.92. The average molecular weight is 398 g/mol. The maximum atomic E-state index is 13.1. The monoisotopic (exact) mass is 397 g/mol. The Kier molecular flexibility index (Phi) is 7.03. The van der Waals surface area contributed by atoms with Crippen LogP contribution in [0.5, 0.6) is 0 Å². The first-order valence-corrected chi connectivity index (χ1v) is 10.3. The molecule has 1 fully saturated rings. The molecule has 0 spiro atoms. The van der Waals surface area contributed by atoms with Crippen LogP contribution in [0.1, 0.15) is 51.5 Å². The smallest absolute Gasteiger partial charge is 0.329 e. The summed E-state index contributed by atoms with van der Waals surface area (Å²) < 4.78 is 4.94. The molecule has 26 heavy (non-hydrogen) atoms. The highest BCUT2D eigenvalue weighted by Gasteiger charge is 2.43. The summed E-state index contributed by atoms with van der Waals surface area (Å²) in [5.74, 6) is 0.358. The van der Waals surface area contributed by atoms with Crippen LogP contribution in [0, 0.1) is 11.3 Å². The van der Waals surface area contributed by atoms with Crippen LogP contribution in [0.25, 0.3) is 0 Å². The number of benzene rings is 1. The molecule has 0 N–H and O–H groups in total. The van der Waals surface area contributed by atoms with Crippen molar-refractivity contribution in [2.45, 2.75) is 52.0 Å². The molecule has 6 heteroatoms. The molecule has 0 radical (unpaired) electrons. The van der Waals surface area contributed by atoms with Gasteiger partial charge in [-0.1, -0.05) is 57.5 Å². The molecule has 0 saturated carbocycles. The zero-order valence-corrected chi connectivity index (χ0v) is 17.7. The molecule has 3 unspecified atom stereocenters. The first kappa shape index (κ1) is 21.1. The van der Waals surface area contributed by atoms with Gasteiger partial charge in [0.2, 0.25) is 5.91 Å². The van der Waals surface area contributed by atoms with Crippen molar-refractivity contribution in [3.63, 3.8) is 0 Å². The van der Waals surface area contributed by atoms with E-state index < -0.39 is 6.04 Å². The number of carbonyl (C=O) groups is 2. The molecule has 0 bridgehead atoms. The maximum Gasteiger partial charge on any atom is 0.329 e. The van der Waals surface area contributed by atoms with Crippen LogP contribution in [-0.2, 0) is 14.3 Å². The molecule has 4 nitrogen and oxygen atoms in total. The summed E-state index contributed by atoms with van der Waals surface area (Å²) in [6, 6.07) is 6.92. The second kappa shape index (κ2) is 8.66. The third-order valence-electron chi connectivity index (χ3n) is 4.42. The number of ether oxygens (including phenoxy) is 1. The van der Waals surface area contributed by atoms with Gasteiger partial charge in [0.25, 0.3) is 0 Å². The van der Waals surface area contributed by atoms with Crippen molar-refractivity contribution < 1.29 is 14.3 Å². The van der Waals surface area contributed by atoms with E-state index >= 15 is 0 Å². The number of carbonyl (C=O) groups excluding carboxylic acids is 2. The fourth-order valence-corrected chi connectivity index (χ4v) is 5.34. The zero-order chi connectivity index (χ0) is 19.5. The molecule has 0 aliphatic carbocycles.